The molecule has 1 aliphatic rings. The highest BCUT2D eigenvalue weighted by Gasteiger charge is 2.25. The van der Waals surface area contributed by atoms with Crippen LogP contribution in [-0.4, -0.2) is 31.2 Å². The van der Waals surface area contributed by atoms with Crippen molar-refractivity contribution in [2.24, 2.45) is 0 Å². The van der Waals surface area contributed by atoms with E-state index >= 15 is 0 Å². The van der Waals surface area contributed by atoms with Gasteiger partial charge in [0.2, 0.25) is 0 Å². The van der Waals surface area contributed by atoms with Crippen LogP contribution in [0.5, 0.6) is 0 Å². The summed E-state index contributed by atoms with van der Waals surface area (Å²) in [6.07, 6.45) is 0. The summed E-state index contributed by atoms with van der Waals surface area (Å²) >= 11 is 3.38. The first kappa shape index (κ1) is 17.0. The van der Waals surface area contributed by atoms with Gasteiger partial charge in [0, 0.05) is 33.5 Å². The number of ether oxygens (including phenoxy) is 1. The molecule has 0 spiro atoms. The number of rotatable bonds is 3. The van der Waals surface area contributed by atoms with E-state index in [1.165, 1.54) is 0 Å². The number of amides is 1. The zero-order valence-corrected chi connectivity index (χ0v) is 15.4. The Kier molecular flexibility index (Phi) is 5.21. The molecule has 0 bridgehead atoms. The number of carbonyl (C=O) groups excluding carboxylic acids is 1. The normalized spacial score (nSPS) is 20.7. The second-order valence-corrected chi connectivity index (χ2v) is 7.07. The minimum atomic E-state index is -0.114. The van der Waals surface area contributed by atoms with Crippen molar-refractivity contribution >= 4 is 33.2 Å². The smallest absolute Gasteiger partial charge is 0.255 e. The van der Waals surface area contributed by atoms with Crippen molar-refractivity contribution in [3.05, 3.63) is 58.6 Å². The second kappa shape index (κ2) is 7.36. The summed E-state index contributed by atoms with van der Waals surface area (Å²) in [4.78, 5) is 14.7. The van der Waals surface area contributed by atoms with Gasteiger partial charge in [0.05, 0.1) is 13.2 Å². The maximum Gasteiger partial charge on any atom is 0.255 e. The van der Waals surface area contributed by atoms with Gasteiger partial charge < -0.3 is 15.0 Å². The number of morpholine rings is 1. The largest absolute Gasteiger partial charge is 0.377 e. The minimum Gasteiger partial charge on any atom is -0.377 e. The number of nitrogens with one attached hydrogen (secondary N) is 1. The van der Waals surface area contributed by atoms with Gasteiger partial charge in [0.1, 0.15) is 0 Å². The van der Waals surface area contributed by atoms with Crippen molar-refractivity contribution in [3.63, 3.8) is 0 Å². The molecule has 2 atom stereocenters. The third-order valence-electron chi connectivity index (χ3n) is 4.18. The topological polar surface area (TPSA) is 41.6 Å². The molecule has 2 aromatic rings. The van der Waals surface area contributed by atoms with E-state index in [0.717, 1.165) is 29.1 Å². The lowest BCUT2D eigenvalue weighted by Gasteiger charge is -2.40. The summed E-state index contributed by atoms with van der Waals surface area (Å²) in [5.74, 6) is -0.114. The van der Waals surface area contributed by atoms with Gasteiger partial charge in [-0.3, -0.25) is 4.79 Å². The Hall–Kier alpha value is -1.85. The van der Waals surface area contributed by atoms with E-state index in [1.807, 2.05) is 24.3 Å². The van der Waals surface area contributed by atoms with E-state index in [2.05, 4.69) is 52.1 Å². The first-order valence-corrected chi connectivity index (χ1v) is 8.87. The van der Waals surface area contributed by atoms with Crippen molar-refractivity contribution in [2.45, 2.75) is 25.9 Å². The molecule has 0 saturated carbocycles. The monoisotopic (exact) mass is 388 g/mol. The second-order valence-electron chi connectivity index (χ2n) is 6.15. The van der Waals surface area contributed by atoms with E-state index < -0.39 is 0 Å². The summed E-state index contributed by atoms with van der Waals surface area (Å²) < 4.78 is 6.47. The van der Waals surface area contributed by atoms with E-state index in [1.54, 1.807) is 12.1 Å². The lowest BCUT2D eigenvalue weighted by atomic mass is 10.1. The van der Waals surface area contributed by atoms with E-state index in [0.29, 0.717) is 17.6 Å². The quantitative estimate of drug-likeness (QED) is 0.851. The molecular weight excluding hydrogens is 368 g/mol. The van der Waals surface area contributed by atoms with Crippen LogP contribution in [0.4, 0.5) is 11.4 Å². The average Bonchev–Trinajstić information content (AvgIpc) is 2.56. The van der Waals surface area contributed by atoms with Crippen LogP contribution in [0, 0.1) is 0 Å². The van der Waals surface area contributed by atoms with E-state index in [4.69, 9.17) is 4.74 Å². The fourth-order valence-corrected chi connectivity index (χ4v) is 3.46. The fraction of sp³-hybridized carbons (Fsp3) is 0.316. The number of hydrogen-bond donors (Lipinski definition) is 1. The fourth-order valence-electron chi connectivity index (χ4n) is 3.06. The van der Waals surface area contributed by atoms with Gasteiger partial charge >= 0.3 is 0 Å². The van der Waals surface area contributed by atoms with Crippen LogP contribution in [0.3, 0.4) is 0 Å². The van der Waals surface area contributed by atoms with Gasteiger partial charge in [-0.2, -0.15) is 0 Å². The minimum absolute atomic E-state index is 0.114. The van der Waals surface area contributed by atoms with Crippen molar-refractivity contribution in [1.29, 1.82) is 0 Å². The highest BCUT2D eigenvalue weighted by atomic mass is 79.9. The van der Waals surface area contributed by atoms with Crippen LogP contribution >= 0.6 is 15.9 Å². The molecule has 1 N–H and O–H groups in total. The standard InChI is InChI=1S/C19H21BrN2O2/c1-13-11-24-12-14(2)22(13)18-8-6-17(7-9-18)21-19(23)15-4-3-5-16(20)10-15/h3-10,13-14H,11-12H2,1-2H3,(H,21,23). The molecule has 126 valence electrons. The zero-order chi connectivity index (χ0) is 17.1. The average molecular weight is 389 g/mol. The van der Waals surface area contributed by atoms with Gasteiger partial charge in [-0.15, -0.1) is 0 Å². The van der Waals surface area contributed by atoms with Gasteiger partial charge in [-0.25, -0.2) is 0 Å². The third kappa shape index (κ3) is 3.79. The summed E-state index contributed by atoms with van der Waals surface area (Å²) in [5, 5.41) is 2.94. The molecule has 2 aromatic carbocycles. The molecule has 1 fully saturated rings. The van der Waals surface area contributed by atoms with Crippen LogP contribution in [0.2, 0.25) is 0 Å². The maximum absolute atomic E-state index is 12.3. The third-order valence-corrected chi connectivity index (χ3v) is 4.67. The van der Waals surface area contributed by atoms with Crippen LogP contribution in [0.1, 0.15) is 24.2 Å². The number of nitrogens with zero attached hydrogens (tertiary/aromatic N) is 1. The Morgan fingerprint density at radius 1 is 1.12 bits per heavy atom. The first-order chi connectivity index (χ1) is 11.5. The Bertz CT molecular complexity index is 708. The van der Waals surface area contributed by atoms with Gasteiger partial charge in [0.15, 0.2) is 0 Å². The molecule has 3 rings (SSSR count). The molecule has 4 nitrogen and oxygen atoms in total. The van der Waals surface area contributed by atoms with Crippen molar-refractivity contribution in [2.75, 3.05) is 23.4 Å². The van der Waals surface area contributed by atoms with Crippen molar-refractivity contribution in [1.82, 2.24) is 0 Å². The highest BCUT2D eigenvalue weighted by molar-refractivity contribution is 9.10. The molecule has 0 radical (unpaired) electrons. The highest BCUT2D eigenvalue weighted by Crippen LogP contribution is 2.25. The number of benzene rings is 2. The molecular formula is C19H21BrN2O2. The lowest BCUT2D eigenvalue weighted by Crippen LogP contribution is -2.49. The number of anilines is 2. The summed E-state index contributed by atoms with van der Waals surface area (Å²) in [7, 11) is 0. The zero-order valence-electron chi connectivity index (χ0n) is 13.8. The molecule has 1 amide bonds. The van der Waals surface area contributed by atoms with Crippen LogP contribution in [-0.2, 0) is 4.74 Å². The molecule has 2 unspecified atom stereocenters. The first-order valence-electron chi connectivity index (χ1n) is 8.07. The predicted octanol–water partition coefficient (Wildman–Crippen LogP) is 4.32. The summed E-state index contributed by atoms with van der Waals surface area (Å²) in [5.41, 5.74) is 2.57. The van der Waals surface area contributed by atoms with Crippen LogP contribution in [0.15, 0.2) is 53.0 Å². The Morgan fingerprint density at radius 2 is 1.79 bits per heavy atom. The van der Waals surface area contributed by atoms with Crippen LogP contribution < -0.4 is 10.2 Å². The molecule has 24 heavy (non-hydrogen) atoms. The molecule has 1 aliphatic heterocycles. The molecule has 0 aromatic heterocycles. The van der Waals surface area contributed by atoms with Crippen LogP contribution in [0.25, 0.3) is 0 Å². The Morgan fingerprint density at radius 3 is 2.42 bits per heavy atom. The molecule has 0 aliphatic carbocycles. The maximum atomic E-state index is 12.3. The number of halogens is 1. The Balaban J connectivity index is 1.71. The van der Waals surface area contributed by atoms with E-state index in [-0.39, 0.29) is 5.91 Å². The summed E-state index contributed by atoms with van der Waals surface area (Å²) in [6.45, 7) is 5.81. The molecule has 1 heterocycles. The Labute approximate surface area is 150 Å². The van der Waals surface area contributed by atoms with Gasteiger partial charge in [-0.05, 0) is 56.3 Å². The number of carbonyl (C=O) groups is 1. The SMILES string of the molecule is CC1COCC(C)N1c1ccc(NC(=O)c2cccc(Br)c2)cc1. The predicted molar refractivity (Wildman–Crippen MR) is 101 cm³/mol. The van der Waals surface area contributed by atoms with Crippen molar-refractivity contribution in [3.8, 4) is 0 Å². The van der Waals surface area contributed by atoms with Crippen molar-refractivity contribution < 1.29 is 9.53 Å². The number of hydrogen-bond acceptors (Lipinski definition) is 3. The van der Waals surface area contributed by atoms with Gasteiger partial charge in [-0.1, -0.05) is 22.0 Å². The van der Waals surface area contributed by atoms with Gasteiger partial charge in [0.25, 0.3) is 5.91 Å². The summed E-state index contributed by atoms with van der Waals surface area (Å²) in [6, 6.07) is 16.0. The lowest BCUT2D eigenvalue weighted by molar-refractivity contribution is 0.0757. The van der Waals surface area contributed by atoms with E-state index in [9.17, 15) is 4.79 Å². The molecule has 1 saturated heterocycles. The molecule has 5 heteroatoms.